The normalized spacial score (nSPS) is 11.1. The fourth-order valence-corrected chi connectivity index (χ4v) is 3.37. The Bertz CT molecular complexity index is 841. The molecule has 0 radical (unpaired) electrons. The highest BCUT2D eigenvalue weighted by molar-refractivity contribution is 7.92. The molecule has 2 aromatic carbocycles. The van der Waals surface area contributed by atoms with Gasteiger partial charge in [0, 0.05) is 6.92 Å². The van der Waals surface area contributed by atoms with Gasteiger partial charge in [-0.2, -0.15) is 0 Å². The number of sulfonamides is 1. The maximum Gasteiger partial charge on any atom is 0.261 e. The average molecular weight is 332 g/mol. The van der Waals surface area contributed by atoms with Crippen molar-refractivity contribution in [3.8, 4) is 0 Å². The smallest absolute Gasteiger partial charge is 0.261 e. The van der Waals surface area contributed by atoms with E-state index in [0.717, 1.165) is 16.7 Å². The van der Waals surface area contributed by atoms with E-state index in [1.54, 1.807) is 30.3 Å². The van der Waals surface area contributed by atoms with Gasteiger partial charge >= 0.3 is 0 Å². The van der Waals surface area contributed by atoms with Gasteiger partial charge in [0.25, 0.3) is 10.0 Å². The molecule has 0 aliphatic rings. The van der Waals surface area contributed by atoms with Crippen LogP contribution in [0, 0.1) is 20.8 Å². The lowest BCUT2D eigenvalue weighted by atomic mass is 10.1. The first-order valence-electron chi connectivity index (χ1n) is 7.17. The van der Waals surface area contributed by atoms with Gasteiger partial charge < -0.3 is 5.32 Å². The Morgan fingerprint density at radius 2 is 1.57 bits per heavy atom. The van der Waals surface area contributed by atoms with E-state index in [4.69, 9.17) is 0 Å². The Morgan fingerprint density at radius 1 is 0.957 bits per heavy atom. The molecule has 0 bridgehead atoms. The number of anilines is 2. The third kappa shape index (κ3) is 4.10. The van der Waals surface area contributed by atoms with Gasteiger partial charge in [-0.25, -0.2) is 8.42 Å². The first-order chi connectivity index (χ1) is 10.7. The van der Waals surface area contributed by atoms with Crippen molar-refractivity contribution < 1.29 is 13.2 Å². The van der Waals surface area contributed by atoms with Crippen LogP contribution in [0.15, 0.2) is 41.3 Å². The molecule has 0 heterocycles. The largest absolute Gasteiger partial charge is 0.324 e. The van der Waals surface area contributed by atoms with Gasteiger partial charge in [0.1, 0.15) is 0 Å². The van der Waals surface area contributed by atoms with E-state index in [1.165, 1.54) is 6.92 Å². The van der Waals surface area contributed by atoms with Crippen molar-refractivity contribution in [2.24, 2.45) is 0 Å². The Labute approximate surface area is 136 Å². The summed E-state index contributed by atoms with van der Waals surface area (Å²) in [7, 11) is -3.72. The fourth-order valence-electron chi connectivity index (χ4n) is 2.31. The summed E-state index contributed by atoms with van der Waals surface area (Å²) in [5.41, 5.74) is 3.51. The van der Waals surface area contributed by atoms with Crippen LogP contribution in [0.25, 0.3) is 0 Å². The summed E-state index contributed by atoms with van der Waals surface area (Å²) in [6, 6.07) is 10.2. The molecule has 122 valence electrons. The van der Waals surface area contributed by atoms with Crippen molar-refractivity contribution in [2.45, 2.75) is 32.6 Å². The second kappa shape index (κ2) is 6.42. The topological polar surface area (TPSA) is 75.3 Å². The van der Waals surface area contributed by atoms with Crippen molar-refractivity contribution in [3.05, 3.63) is 53.1 Å². The quantitative estimate of drug-likeness (QED) is 0.901. The van der Waals surface area contributed by atoms with Gasteiger partial charge in [-0.15, -0.1) is 0 Å². The third-order valence-electron chi connectivity index (χ3n) is 3.36. The molecule has 0 saturated carbocycles. The zero-order valence-electron chi connectivity index (χ0n) is 13.6. The molecule has 0 unspecified atom stereocenters. The van der Waals surface area contributed by atoms with Gasteiger partial charge in [0.05, 0.1) is 16.3 Å². The molecule has 1 amide bonds. The van der Waals surface area contributed by atoms with Gasteiger partial charge in [-0.1, -0.05) is 23.8 Å². The Kier molecular flexibility index (Phi) is 4.75. The molecule has 2 rings (SSSR count). The van der Waals surface area contributed by atoms with Crippen molar-refractivity contribution in [1.29, 1.82) is 0 Å². The number of carbonyl (C=O) groups excluding carboxylic acids is 1. The molecule has 23 heavy (non-hydrogen) atoms. The van der Waals surface area contributed by atoms with Gasteiger partial charge in [0.2, 0.25) is 5.91 Å². The number of amides is 1. The van der Waals surface area contributed by atoms with Gasteiger partial charge in [0.15, 0.2) is 0 Å². The minimum Gasteiger partial charge on any atom is -0.324 e. The second-order valence-corrected chi connectivity index (χ2v) is 7.29. The van der Waals surface area contributed by atoms with Crippen LogP contribution in [-0.2, 0) is 14.8 Å². The summed E-state index contributed by atoms with van der Waals surface area (Å²) in [6.45, 7) is 6.97. The lowest BCUT2D eigenvalue weighted by Crippen LogP contribution is -2.16. The number of hydrogen-bond donors (Lipinski definition) is 2. The summed E-state index contributed by atoms with van der Waals surface area (Å²) in [5, 5.41) is 2.69. The molecule has 0 atom stereocenters. The molecule has 0 aromatic heterocycles. The number of rotatable bonds is 4. The first-order valence-corrected chi connectivity index (χ1v) is 8.65. The van der Waals surface area contributed by atoms with Crippen molar-refractivity contribution >= 4 is 27.3 Å². The molecule has 5 nitrogen and oxygen atoms in total. The maximum absolute atomic E-state index is 12.5. The maximum atomic E-state index is 12.5. The Hall–Kier alpha value is -2.34. The minimum absolute atomic E-state index is 0.177. The van der Waals surface area contributed by atoms with Gasteiger partial charge in [-0.05, 0) is 50.1 Å². The molecule has 6 heteroatoms. The predicted molar refractivity (Wildman–Crippen MR) is 92.2 cm³/mol. The predicted octanol–water partition coefficient (Wildman–Crippen LogP) is 3.37. The molecule has 2 aromatic rings. The first kappa shape index (κ1) is 17.0. The second-order valence-electron chi connectivity index (χ2n) is 5.60. The van der Waals surface area contributed by atoms with Crippen LogP contribution in [0.3, 0.4) is 0 Å². The average Bonchev–Trinajstić information content (AvgIpc) is 2.42. The fraction of sp³-hybridized carbons (Fsp3) is 0.235. The van der Waals surface area contributed by atoms with E-state index in [2.05, 4.69) is 10.0 Å². The summed E-state index contributed by atoms with van der Waals surface area (Å²) < 4.78 is 27.7. The number of benzene rings is 2. The van der Waals surface area contributed by atoms with Crippen molar-refractivity contribution in [3.63, 3.8) is 0 Å². The van der Waals surface area contributed by atoms with Crippen molar-refractivity contribution in [1.82, 2.24) is 0 Å². The summed E-state index contributed by atoms with van der Waals surface area (Å²) in [4.78, 5) is 11.6. The van der Waals surface area contributed by atoms with Crippen LogP contribution in [0.1, 0.15) is 23.6 Å². The molecule has 2 N–H and O–H groups in total. The highest BCUT2D eigenvalue weighted by Gasteiger charge is 2.17. The highest BCUT2D eigenvalue weighted by atomic mass is 32.2. The van der Waals surface area contributed by atoms with Crippen molar-refractivity contribution in [2.75, 3.05) is 10.0 Å². The molecule has 0 fully saturated rings. The van der Waals surface area contributed by atoms with Crippen LogP contribution >= 0.6 is 0 Å². The molecule has 0 spiro atoms. The zero-order chi connectivity index (χ0) is 17.2. The van der Waals surface area contributed by atoms with Gasteiger partial charge in [-0.3, -0.25) is 9.52 Å². The van der Waals surface area contributed by atoms with E-state index < -0.39 is 10.0 Å². The summed E-state index contributed by atoms with van der Waals surface area (Å²) in [5.74, 6) is -0.257. The van der Waals surface area contributed by atoms with Crippen LogP contribution < -0.4 is 10.0 Å². The Morgan fingerprint density at radius 3 is 2.13 bits per heavy atom. The van der Waals surface area contributed by atoms with Crippen LogP contribution in [0.5, 0.6) is 0 Å². The van der Waals surface area contributed by atoms with Crippen LogP contribution in [0.2, 0.25) is 0 Å². The number of nitrogens with one attached hydrogen (secondary N) is 2. The monoisotopic (exact) mass is 332 g/mol. The van der Waals surface area contributed by atoms with E-state index in [1.807, 2.05) is 26.8 Å². The summed E-state index contributed by atoms with van der Waals surface area (Å²) in [6.07, 6.45) is 0. The number of hydrogen-bond acceptors (Lipinski definition) is 3. The lowest BCUT2D eigenvalue weighted by Gasteiger charge is -2.16. The third-order valence-corrected chi connectivity index (χ3v) is 4.74. The lowest BCUT2D eigenvalue weighted by molar-refractivity contribution is -0.114. The number of carbonyl (C=O) groups is 1. The van der Waals surface area contributed by atoms with Crippen LogP contribution in [0.4, 0.5) is 11.4 Å². The molecule has 0 saturated heterocycles. The van der Waals surface area contributed by atoms with E-state index in [-0.39, 0.29) is 10.8 Å². The SMILES string of the molecule is CC(=O)Nc1c(C)cc(C)cc1NS(=O)(=O)c1ccc(C)cc1. The van der Waals surface area contributed by atoms with E-state index >= 15 is 0 Å². The number of aryl methyl sites for hydroxylation is 3. The molecular formula is C17H20N2O3S. The highest BCUT2D eigenvalue weighted by Crippen LogP contribution is 2.30. The summed E-state index contributed by atoms with van der Waals surface area (Å²) >= 11 is 0. The minimum atomic E-state index is -3.72. The zero-order valence-corrected chi connectivity index (χ0v) is 14.4. The van der Waals surface area contributed by atoms with Crippen LogP contribution in [-0.4, -0.2) is 14.3 Å². The molecule has 0 aliphatic heterocycles. The Balaban J connectivity index is 2.46. The van der Waals surface area contributed by atoms with E-state index in [9.17, 15) is 13.2 Å². The molecule has 0 aliphatic carbocycles. The standard InChI is InChI=1S/C17H20N2O3S/c1-11-5-7-15(8-6-11)23(21,22)19-16-10-12(2)9-13(3)17(16)18-14(4)20/h5-10,19H,1-4H3,(H,18,20). The van der Waals surface area contributed by atoms with E-state index in [0.29, 0.717) is 11.4 Å². The molecular weight excluding hydrogens is 312 g/mol.